The van der Waals surface area contributed by atoms with Crippen molar-refractivity contribution in [2.45, 2.75) is 39.5 Å². The number of allylic oxidation sites excluding steroid dienone is 6. The molecule has 0 aromatic rings. The summed E-state index contributed by atoms with van der Waals surface area (Å²) in [6, 6.07) is 0. The smallest absolute Gasteiger partial charge is 0.00861 e. The van der Waals surface area contributed by atoms with Crippen molar-refractivity contribution in [3.05, 3.63) is 34.9 Å². The fourth-order valence-electron chi connectivity index (χ4n) is 1.52. The van der Waals surface area contributed by atoms with Crippen LogP contribution in [0.15, 0.2) is 34.9 Å². The van der Waals surface area contributed by atoms with Gasteiger partial charge in [0.2, 0.25) is 0 Å². The van der Waals surface area contributed by atoms with Gasteiger partial charge in [0, 0.05) is 6.42 Å². The summed E-state index contributed by atoms with van der Waals surface area (Å²) in [4.78, 5) is 0. The molecule has 0 N–H and O–H groups in total. The Morgan fingerprint density at radius 3 is 2.64 bits per heavy atom. The average Bonchev–Trinajstić information content (AvgIpc) is 2.61. The quantitative estimate of drug-likeness (QED) is 0.459. The standard InChI is InChI=1S/C14H18/c1-4-5-6-7-8-13-9-10-14(11-13)12(2)3/h1,9-11H,5-8H2,2-3H3. The molecule has 0 heterocycles. The molecule has 0 amide bonds. The zero-order chi connectivity index (χ0) is 10.4. The lowest BCUT2D eigenvalue weighted by Gasteiger charge is -1.97. The topological polar surface area (TPSA) is 0 Å². The molecule has 74 valence electrons. The zero-order valence-electron chi connectivity index (χ0n) is 9.14. The van der Waals surface area contributed by atoms with E-state index in [-0.39, 0.29) is 0 Å². The fraction of sp³-hybridized carbons (Fsp3) is 0.429. The maximum absolute atomic E-state index is 5.20. The lowest BCUT2D eigenvalue weighted by molar-refractivity contribution is 0.760. The van der Waals surface area contributed by atoms with Crippen LogP contribution in [0.3, 0.4) is 0 Å². The Morgan fingerprint density at radius 2 is 2.07 bits per heavy atom. The first-order chi connectivity index (χ1) is 6.74. The second kappa shape index (κ2) is 5.50. The van der Waals surface area contributed by atoms with Gasteiger partial charge in [-0.25, -0.2) is 0 Å². The van der Waals surface area contributed by atoms with Crippen LogP contribution in [0.1, 0.15) is 39.5 Å². The van der Waals surface area contributed by atoms with E-state index in [2.05, 4.69) is 38.0 Å². The van der Waals surface area contributed by atoms with E-state index >= 15 is 0 Å². The van der Waals surface area contributed by atoms with Gasteiger partial charge in [-0.05, 0) is 44.3 Å². The second-order valence-electron chi connectivity index (χ2n) is 3.92. The van der Waals surface area contributed by atoms with E-state index in [0.29, 0.717) is 0 Å². The molecule has 0 bridgehead atoms. The number of unbranched alkanes of at least 4 members (excludes halogenated alkanes) is 2. The van der Waals surface area contributed by atoms with Crippen LogP contribution in [-0.4, -0.2) is 0 Å². The van der Waals surface area contributed by atoms with E-state index in [4.69, 9.17) is 6.42 Å². The predicted octanol–water partition coefficient (Wildman–Crippen LogP) is 4.01. The Balaban J connectivity index is 2.36. The SMILES string of the molecule is C#CCCCCC1=CC(=C(C)C)C=C1. The maximum Gasteiger partial charge on any atom is 0.00861 e. The Hall–Kier alpha value is -1.22. The minimum absolute atomic E-state index is 0.909. The van der Waals surface area contributed by atoms with E-state index in [0.717, 1.165) is 19.3 Å². The Labute approximate surface area is 87.4 Å². The van der Waals surface area contributed by atoms with Crippen LogP contribution in [-0.2, 0) is 0 Å². The second-order valence-corrected chi connectivity index (χ2v) is 3.92. The predicted molar refractivity (Wildman–Crippen MR) is 62.9 cm³/mol. The lowest BCUT2D eigenvalue weighted by atomic mass is 10.1. The van der Waals surface area contributed by atoms with Gasteiger partial charge in [0.15, 0.2) is 0 Å². The van der Waals surface area contributed by atoms with Crippen LogP contribution >= 0.6 is 0 Å². The number of rotatable bonds is 4. The summed E-state index contributed by atoms with van der Waals surface area (Å²) in [6.45, 7) is 4.30. The zero-order valence-corrected chi connectivity index (χ0v) is 9.14. The van der Waals surface area contributed by atoms with Crippen LogP contribution < -0.4 is 0 Å². The van der Waals surface area contributed by atoms with E-state index in [1.165, 1.54) is 23.1 Å². The first kappa shape index (κ1) is 10.9. The summed E-state index contributed by atoms with van der Waals surface area (Å²) in [5, 5.41) is 0. The number of hydrogen-bond acceptors (Lipinski definition) is 0. The molecule has 1 aliphatic carbocycles. The molecule has 0 saturated heterocycles. The van der Waals surface area contributed by atoms with E-state index in [1.54, 1.807) is 0 Å². The van der Waals surface area contributed by atoms with Crippen molar-refractivity contribution >= 4 is 0 Å². The summed E-state index contributed by atoms with van der Waals surface area (Å²) < 4.78 is 0. The maximum atomic E-state index is 5.20. The third-order valence-corrected chi connectivity index (χ3v) is 2.43. The summed E-state index contributed by atoms with van der Waals surface area (Å²) in [6.07, 6.45) is 16.3. The Bertz CT molecular complexity index is 314. The molecule has 1 aliphatic rings. The highest BCUT2D eigenvalue weighted by molar-refractivity contribution is 5.47. The summed E-state index contributed by atoms with van der Waals surface area (Å²) in [5.41, 5.74) is 4.20. The van der Waals surface area contributed by atoms with Crippen molar-refractivity contribution in [1.29, 1.82) is 0 Å². The molecule has 1 rings (SSSR count). The van der Waals surface area contributed by atoms with Gasteiger partial charge in [-0.15, -0.1) is 12.3 Å². The average molecular weight is 186 g/mol. The molecule has 14 heavy (non-hydrogen) atoms. The highest BCUT2D eigenvalue weighted by Crippen LogP contribution is 2.22. The molecule has 0 fully saturated rings. The Kier molecular flexibility index (Phi) is 4.26. The van der Waals surface area contributed by atoms with Gasteiger partial charge in [0.05, 0.1) is 0 Å². The molecule has 0 nitrogen and oxygen atoms in total. The first-order valence-corrected chi connectivity index (χ1v) is 5.23. The van der Waals surface area contributed by atoms with Crippen molar-refractivity contribution < 1.29 is 0 Å². The number of terminal acetylenes is 1. The van der Waals surface area contributed by atoms with Crippen molar-refractivity contribution in [1.82, 2.24) is 0 Å². The van der Waals surface area contributed by atoms with Crippen LogP contribution in [0, 0.1) is 12.3 Å². The molecule has 0 saturated carbocycles. The largest absolute Gasteiger partial charge is 0.120 e. The molecule has 0 heteroatoms. The van der Waals surface area contributed by atoms with Gasteiger partial charge >= 0.3 is 0 Å². The van der Waals surface area contributed by atoms with Crippen molar-refractivity contribution in [3.63, 3.8) is 0 Å². The minimum Gasteiger partial charge on any atom is -0.120 e. The fourth-order valence-corrected chi connectivity index (χ4v) is 1.52. The normalized spacial score (nSPS) is 14.1. The van der Waals surface area contributed by atoms with Gasteiger partial charge in [-0.2, -0.15) is 0 Å². The van der Waals surface area contributed by atoms with E-state index < -0.39 is 0 Å². The van der Waals surface area contributed by atoms with Crippen LogP contribution in [0.2, 0.25) is 0 Å². The Morgan fingerprint density at radius 1 is 1.29 bits per heavy atom. The van der Waals surface area contributed by atoms with Gasteiger partial charge in [0.25, 0.3) is 0 Å². The van der Waals surface area contributed by atoms with Crippen LogP contribution in [0.25, 0.3) is 0 Å². The summed E-state index contributed by atoms with van der Waals surface area (Å²) in [5.74, 6) is 2.67. The molecular formula is C14H18. The molecular weight excluding hydrogens is 168 g/mol. The van der Waals surface area contributed by atoms with Gasteiger partial charge in [0.1, 0.15) is 0 Å². The number of hydrogen-bond donors (Lipinski definition) is 0. The van der Waals surface area contributed by atoms with E-state index in [1.807, 2.05) is 0 Å². The van der Waals surface area contributed by atoms with Crippen molar-refractivity contribution in [2.75, 3.05) is 0 Å². The van der Waals surface area contributed by atoms with Crippen molar-refractivity contribution in [2.24, 2.45) is 0 Å². The third kappa shape index (κ3) is 3.26. The highest BCUT2D eigenvalue weighted by Gasteiger charge is 2.02. The summed E-state index contributed by atoms with van der Waals surface area (Å²) >= 11 is 0. The highest BCUT2D eigenvalue weighted by atomic mass is 14.1. The molecule has 0 unspecified atom stereocenters. The van der Waals surface area contributed by atoms with Crippen LogP contribution in [0.5, 0.6) is 0 Å². The third-order valence-electron chi connectivity index (χ3n) is 2.43. The van der Waals surface area contributed by atoms with Gasteiger partial charge < -0.3 is 0 Å². The first-order valence-electron chi connectivity index (χ1n) is 5.23. The summed E-state index contributed by atoms with van der Waals surface area (Å²) in [7, 11) is 0. The minimum atomic E-state index is 0.909. The lowest BCUT2D eigenvalue weighted by Crippen LogP contribution is -1.78. The van der Waals surface area contributed by atoms with E-state index in [9.17, 15) is 0 Å². The molecule has 0 aromatic carbocycles. The van der Waals surface area contributed by atoms with Crippen molar-refractivity contribution in [3.8, 4) is 12.3 Å². The van der Waals surface area contributed by atoms with Gasteiger partial charge in [-0.1, -0.05) is 23.8 Å². The molecule has 0 spiro atoms. The monoisotopic (exact) mass is 186 g/mol. The molecule has 0 aromatic heterocycles. The molecule has 0 aliphatic heterocycles. The van der Waals surface area contributed by atoms with Gasteiger partial charge in [-0.3, -0.25) is 0 Å². The van der Waals surface area contributed by atoms with Crippen LogP contribution in [0.4, 0.5) is 0 Å². The molecule has 0 atom stereocenters. The molecule has 0 radical (unpaired) electrons.